The molecule has 0 aliphatic carbocycles. The van der Waals surface area contributed by atoms with Gasteiger partial charge in [0.1, 0.15) is 0 Å². The molecule has 0 spiro atoms. The molecule has 0 aromatic carbocycles. The summed E-state index contributed by atoms with van der Waals surface area (Å²) in [7, 11) is 0. The molecule has 0 saturated heterocycles. The summed E-state index contributed by atoms with van der Waals surface area (Å²) in [5, 5.41) is 0.595. The van der Waals surface area contributed by atoms with Gasteiger partial charge in [0.2, 0.25) is 0 Å². The highest BCUT2D eigenvalue weighted by Gasteiger charge is 2.18. The average molecular weight is 209 g/mol. The van der Waals surface area contributed by atoms with Crippen LogP contribution in [-0.4, -0.2) is 9.73 Å². The number of thioether (sulfide) groups is 1. The Balaban J connectivity index is 2.73. The fraction of sp³-hybridized carbons (Fsp3) is 0.583. The van der Waals surface area contributed by atoms with Crippen LogP contribution in [0.1, 0.15) is 44.9 Å². The van der Waals surface area contributed by atoms with Crippen LogP contribution in [0.5, 0.6) is 0 Å². The van der Waals surface area contributed by atoms with Crippen LogP contribution in [0.2, 0.25) is 0 Å². The van der Waals surface area contributed by atoms with E-state index in [0.717, 1.165) is 0 Å². The molecular formula is C12H19NS. The van der Waals surface area contributed by atoms with Crippen LogP contribution >= 0.6 is 11.8 Å². The van der Waals surface area contributed by atoms with E-state index in [-0.39, 0.29) is 0 Å². The highest BCUT2D eigenvalue weighted by atomic mass is 32.2. The van der Waals surface area contributed by atoms with Crippen LogP contribution in [0.15, 0.2) is 24.5 Å². The molecule has 1 atom stereocenters. The molecule has 0 radical (unpaired) electrons. The third kappa shape index (κ3) is 3.70. The lowest BCUT2D eigenvalue weighted by molar-refractivity contribution is 0.778. The van der Waals surface area contributed by atoms with Gasteiger partial charge < -0.3 is 0 Å². The summed E-state index contributed by atoms with van der Waals surface area (Å²) in [6, 6.07) is 4.24. The Bertz CT molecular complexity index is 263. The predicted octanol–water partition coefficient (Wildman–Crippen LogP) is 4.06. The molecule has 0 saturated carbocycles. The summed E-state index contributed by atoms with van der Waals surface area (Å²) in [6.07, 6.45) is 4.92. The van der Waals surface area contributed by atoms with Crippen molar-refractivity contribution in [1.82, 2.24) is 4.98 Å². The van der Waals surface area contributed by atoms with Crippen molar-refractivity contribution in [2.75, 3.05) is 0 Å². The van der Waals surface area contributed by atoms with Crippen LogP contribution in [-0.2, 0) is 0 Å². The summed E-state index contributed by atoms with van der Waals surface area (Å²) in [5.41, 5.74) is 1.39. The number of hydrogen-bond acceptors (Lipinski definition) is 2. The standard InChI is InChI=1S/C12H19NS/c1-5-11(14-12(2,3)4)10-6-8-13-9-7-10/h6-9,11H,5H2,1-4H3. The molecule has 14 heavy (non-hydrogen) atoms. The lowest BCUT2D eigenvalue weighted by Crippen LogP contribution is -2.10. The minimum atomic E-state index is 0.323. The third-order valence-corrected chi connectivity index (χ3v) is 3.54. The molecule has 1 heterocycles. The summed E-state index contributed by atoms with van der Waals surface area (Å²) in [5.74, 6) is 0. The topological polar surface area (TPSA) is 12.9 Å². The van der Waals surface area contributed by atoms with Crippen LogP contribution in [0.4, 0.5) is 0 Å². The van der Waals surface area contributed by atoms with E-state index < -0.39 is 0 Å². The van der Waals surface area contributed by atoms with Gasteiger partial charge in [0.05, 0.1) is 0 Å². The Morgan fingerprint density at radius 1 is 1.29 bits per heavy atom. The van der Waals surface area contributed by atoms with E-state index in [1.165, 1.54) is 12.0 Å². The quantitative estimate of drug-likeness (QED) is 0.744. The second kappa shape index (κ2) is 4.83. The van der Waals surface area contributed by atoms with Gasteiger partial charge in [-0.1, -0.05) is 27.7 Å². The molecule has 0 fully saturated rings. The smallest absolute Gasteiger partial charge is 0.0301 e. The number of rotatable bonds is 3. The van der Waals surface area contributed by atoms with E-state index in [1.54, 1.807) is 0 Å². The number of hydrogen-bond donors (Lipinski definition) is 0. The molecule has 0 amide bonds. The Kier molecular flexibility index (Phi) is 3.99. The molecule has 1 nitrogen and oxygen atoms in total. The predicted molar refractivity (Wildman–Crippen MR) is 64.6 cm³/mol. The second-order valence-electron chi connectivity index (χ2n) is 4.41. The zero-order valence-electron chi connectivity index (χ0n) is 9.45. The van der Waals surface area contributed by atoms with Gasteiger partial charge in [0.15, 0.2) is 0 Å². The van der Waals surface area contributed by atoms with Crippen LogP contribution in [0.3, 0.4) is 0 Å². The summed E-state index contributed by atoms with van der Waals surface area (Å²) in [4.78, 5) is 4.05. The van der Waals surface area contributed by atoms with Gasteiger partial charge in [0.25, 0.3) is 0 Å². The van der Waals surface area contributed by atoms with Gasteiger partial charge >= 0.3 is 0 Å². The number of aromatic nitrogens is 1. The van der Waals surface area contributed by atoms with Gasteiger partial charge in [0, 0.05) is 22.4 Å². The molecular weight excluding hydrogens is 190 g/mol. The molecule has 0 bridgehead atoms. The zero-order chi connectivity index (χ0) is 10.6. The first-order valence-electron chi connectivity index (χ1n) is 5.10. The molecule has 1 aromatic rings. The minimum absolute atomic E-state index is 0.323. The zero-order valence-corrected chi connectivity index (χ0v) is 10.3. The van der Waals surface area contributed by atoms with Gasteiger partial charge in [-0.2, -0.15) is 0 Å². The van der Waals surface area contributed by atoms with Crippen LogP contribution in [0.25, 0.3) is 0 Å². The third-order valence-electron chi connectivity index (χ3n) is 1.94. The van der Waals surface area contributed by atoms with E-state index in [0.29, 0.717) is 10.00 Å². The van der Waals surface area contributed by atoms with Crippen molar-refractivity contribution in [3.63, 3.8) is 0 Å². The van der Waals surface area contributed by atoms with E-state index >= 15 is 0 Å². The summed E-state index contributed by atoms with van der Waals surface area (Å²) < 4.78 is 0.323. The van der Waals surface area contributed by atoms with Crippen molar-refractivity contribution in [1.29, 1.82) is 0 Å². The normalized spacial score (nSPS) is 14.0. The summed E-state index contributed by atoms with van der Waals surface area (Å²) in [6.45, 7) is 9.04. The Hall–Kier alpha value is -0.500. The maximum atomic E-state index is 4.05. The van der Waals surface area contributed by atoms with E-state index in [4.69, 9.17) is 0 Å². The summed E-state index contributed by atoms with van der Waals surface area (Å²) >= 11 is 2.03. The average Bonchev–Trinajstić information content (AvgIpc) is 2.14. The highest BCUT2D eigenvalue weighted by Crippen LogP contribution is 2.39. The fourth-order valence-electron chi connectivity index (χ4n) is 1.39. The molecule has 0 aliphatic heterocycles. The van der Waals surface area contributed by atoms with Gasteiger partial charge in [-0.3, -0.25) is 4.98 Å². The molecule has 2 heteroatoms. The number of nitrogens with zero attached hydrogens (tertiary/aromatic N) is 1. The maximum Gasteiger partial charge on any atom is 0.0301 e. The maximum absolute atomic E-state index is 4.05. The van der Waals surface area contributed by atoms with Crippen LogP contribution in [0, 0.1) is 0 Å². The first kappa shape index (κ1) is 11.6. The van der Waals surface area contributed by atoms with Gasteiger partial charge in [-0.15, -0.1) is 11.8 Å². The molecule has 0 aliphatic rings. The van der Waals surface area contributed by atoms with E-state index in [2.05, 4.69) is 44.8 Å². The number of pyridine rings is 1. The van der Waals surface area contributed by atoms with Crippen molar-refractivity contribution in [3.8, 4) is 0 Å². The SMILES string of the molecule is CCC(SC(C)(C)C)c1ccncc1. The Morgan fingerprint density at radius 2 is 1.86 bits per heavy atom. The lowest BCUT2D eigenvalue weighted by atomic mass is 10.1. The Morgan fingerprint density at radius 3 is 2.29 bits per heavy atom. The minimum Gasteiger partial charge on any atom is -0.265 e. The van der Waals surface area contributed by atoms with Crippen molar-refractivity contribution in [3.05, 3.63) is 30.1 Å². The second-order valence-corrected chi connectivity index (χ2v) is 6.44. The van der Waals surface area contributed by atoms with E-state index in [9.17, 15) is 0 Å². The molecule has 1 unspecified atom stereocenters. The molecule has 1 rings (SSSR count). The van der Waals surface area contributed by atoms with Crippen molar-refractivity contribution >= 4 is 11.8 Å². The highest BCUT2D eigenvalue weighted by molar-refractivity contribution is 8.00. The Labute approximate surface area is 91.3 Å². The first-order valence-corrected chi connectivity index (χ1v) is 5.98. The lowest BCUT2D eigenvalue weighted by Gasteiger charge is -2.25. The fourth-order valence-corrected chi connectivity index (χ4v) is 2.71. The van der Waals surface area contributed by atoms with Crippen molar-refractivity contribution in [2.45, 2.75) is 44.1 Å². The monoisotopic (exact) mass is 209 g/mol. The van der Waals surface area contributed by atoms with Crippen LogP contribution < -0.4 is 0 Å². The van der Waals surface area contributed by atoms with Gasteiger partial charge in [-0.05, 0) is 24.1 Å². The molecule has 0 N–H and O–H groups in total. The first-order chi connectivity index (χ1) is 6.53. The molecule has 78 valence electrons. The van der Waals surface area contributed by atoms with Gasteiger partial charge in [-0.25, -0.2) is 0 Å². The van der Waals surface area contributed by atoms with Crippen molar-refractivity contribution in [2.24, 2.45) is 0 Å². The van der Waals surface area contributed by atoms with E-state index in [1.807, 2.05) is 24.2 Å². The molecule has 1 aromatic heterocycles. The van der Waals surface area contributed by atoms with Crippen molar-refractivity contribution < 1.29 is 0 Å². The largest absolute Gasteiger partial charge is 0.265 e.